The smallest absolute Gasteiger partial charge is 0.240 e. The Hall–Kier alpha value is -1.99. The molecule has 0 atom stereocenters. The highest BCUT2D eigenvalue weighted by Gasteiger charge is 2.15. The number of rotatable bonds is 6. The van der Waals surface area contributed by atoms with Crippen molar-refractivity contribution in [3.63, 3.8) is 0 Å². The van der Waals surface area contributed by atoms with Crippen LogP contribution in [0.4, 0.5) is 8.78 Å². The Morgan fingerprint density at radius 2 is 1.87 bits per heavy atom. The van der Waals surface area contributed by atoms with Gasteiger partial charge in [-0.1, -0.05) is 6.07 Å². The Morgan fingerprint density at radius 1 is 1.13 bits per heavy atom. The summed E-state index contributed by atoms with van der Waals surface area (Å²) in [5.41, 5.74) is 0.944. The summed E-state index contributed by atoms with van der Waals surface area (Å²) < 4.78 is 58.2. The zero-order chi connectivity index (χ0) is 17.0. The Labute approximate surface area is 134 Å². The van der Waals surface area contributed by atoms with E-state index in [2.05, 4.69) is 4.72 Å². The zero-order valence-corrected chi connectivity index (χ0v) is 13.6. The molecule has 0 aromatic heterocycles. The summed E-state index contributed by atoms with van der Waals surface area (Å²) in [6.07, 6.45) is 0.125. The molecule has 0 unspecified atom stereocenters. The maximum atomic E-state index is 13.5. The van der Waals surface area contributed by atoms with E-state index in [1.807, 2.05) is 0 Å². The lowest BCUT2D eigenvalue weighted by atomic mass is 10.1. The number of ether oxygens (including phenoxy) is 1. The van der Waals surface area contributed by atoms with Crippen LogP contribution in [-0.4, -0.2) is 22.1 Å². The molecular formula is C16H17F2NO3S. The van der Waals surface area contributed by atoms with Crippen LogP contribution in [0.2, 0.25) is 0 Å². The van der Waals surface area contributed by atoms with Crippen molar-refractivity contribution in [3.8, 4) is 5.75 Å². The summed E-state index contributed by atoms with van der Waals surface area (Å²) in [6.45, 7) is 1.75. The molecule has 2 rings (SSSR count). The largest absolute Gasteiger partial charge is 0.496 e. The Balaban J connectivity index is 2.05. The summed E-state index contributed by atoms with van der Waals surface area (Å²) in [4.78, 5) is 0.107. The molecule has 2 aromatic rings. The van der Waals surface area contributed by atoms with Gasteiger partial charge in [-0.15, -0.1) is 0 Å². The molecule has 0 aliphatic heterocycles. The normalized spacial score (nSPS) is 11.5. The lowest BCUT2D eigenvalue weighted by Crippen LogP contribution is -2.26. The van der Waals surface area contributed by atoms with Crippen molar-refractivity contribution < 1.29 is 21.9 Å². The highest BCUT2D eigenvalue weighted by molar-refractivity contribution is 7.89. The molecule has 0 bridgehead atoms. The number of aryl methyl sites for hydroxylation is 1. The summed E-state index contributed by atoms with van der Waals surface area (Å²) >= 11 is 0. The Kier molecular flexibility index (Phi) is 5.33. The minimum absolute atomic E-state index is 0.00988. The molecule has 0 spiro atoms. The van der Waals surface area contributed by atoms with Crippen LogP contribution in [0.5, 0.6) is 5.75 Å². The van der Waals surface area contributed by atoms with E-state index >= 15 is 0 Å². The quantitative estimate of drug-likeness (QED) is 0.879. The van der Waals surface area contributed by atoms with Gasteiger partial charge >= 0.3 is 0 Å². The standard InChI is InChI=1S/C16H17F2NO3S/c1-11-9-14(5-6-16(11)22-2)23(20,21)19-8-7-12-3-4-13(17)10-15(12)18/h3-6,9-10,19H,7-8H2,1-2H3. The average molecular weight is 341 g/mol. The van der Waals surface area contributed by atoms with Crippen molar-refractivity contribution in [2.45, 2.75) is 18.2 Å². The lowest BCUT2D eigenvalue weighted by molar-refractivity contribution is 0.411. The number of halogens is 2. The molecule has 0 amide bonds. The van der Waals surface area contributed by atoms with E-state index < -0.39 is 21.7 Å². The SMILES string of the molecule is COc1ccc(S(=O)(=O)NCCc2ccc(F)cc2F)cc1C. The fourth-order valence-electron chi connectivity index (χ4n) is 2.15. The van der Waals surface area contributed by atoms with Gasteiger partial charge in [0.2, 0.25) is 10.0 Å². The van der Waals surface area contributed by atoms with Crippen molar-refractivity contribution in [2.24, 2.45) is 0 Å². The van der Waals surface area contributed by atoms with Crippen LogP contribution >= 0.6 is 0 Å². The first kappa shape index (κ1) is 17.4. The summed E-state index contributed by atoms with van der Waals surface area (Å²) in [5.74, 6) is -0.762. The molecule has 4 nitrogen and oxygen atoms in total. The second-order valence-electron chi connectivity index (χ2n) is 5.01. The van der Waals surface area contributed by atoms with Gasteiger partial charge in [0.05, 0.1) is 12.0 Å². The van der Waals surface area contributed by atoms with Gasteiger partial charge in [-0.05, 0) is 48.7 Å². The second-order valence-corrected chi connectivity index (χ2v) is 6.78. The topological polar surface area (TPSA) is 55.4 Å². The fraction of sp³-hybridized carbons (Fsp3) is 0.250. The minimum Gasteiger partial charge on any atom is -0.496 e. The van der Waals surface area contributed by atoms with E-state index in [1.54, 1.807) is 13.0 Å². The van der Waals surface area contributed by atoms with Crippen molar-refractivity contribution in [1.82, 2.24) is 4.72 Å². The number of methoxy groups -OCH3 is 1. The van der Waals surface area contributed by atoms with Crippen LogP contribution in [0.15, 0.2) is 41.3 Å². The third kappa shape index (κ3) is 4.27. The summed E-state index contributed by atoms with van der Waals surface area (Å²) in [6, 6.07) is 7.72. The van der Waals surface area contributed by atoms with Crippen LogP contribution < -0.4 is 9.46 Å². The van der Waals surface area contributed by atoms with Crippen molar-refractivity contribution in [2.75, 3.05) is 13.7 Å². The Bertz CT molecular complexity index is 807. The van der Waals surface area contributed by atoms with Gasteiger partial charge in [0.1, 0.15) is 17.4 Å². The van der Waals surface area contributed by atoms with Gasteiger partial charge in [-0.2, -0.15) is 0 Å². The fourth-order valence-corrected chi connectivity index (χ4v) is 3.26. The Morgan fingerprint density at radius 3 is 2.48 bits per heavy atom. The highest BCUT2D eigenvalue weighted by atomic mass is 32.2. The van der Waals surface area contributed by atoms with Crippen molar-refractivity contribution in [3.05, 3.63) is 59.2 Å². The first-order chi connectivity index (χ1) is 10.8. The molecule has 0 aliphatic carbocycles. The first-order valence-corrected chi connectivity index (χ1v) is 8.40. The average Bonchev–Trinajstić information content (AvgIpc) is 2.49. The van der Waals surface area contributed by atoms with E-state index in [9.17, 15) is 17.2 Å². The maximum absolute atomic E-state index is 13.5. The first-order valence-electron chi connectivity index (χ1n) is 6.92. The monoisotopic (exact) mass is 341 g/mol. The van der Waals surface area contributed by atoms with Crippen molar-refractivity contribution in [1.29, 1.82) is 0 Å². The van der Waals surface area contributed by atoms with Gasteiger partial charge in [0.15, 0.2) is 0 Å². The number of hydrogen-bond acceptors (Lipinski definition) is 3. The number of benzene rings is 2. The predicted molar refractivity (Wildman–Crippen MR) is 83.0 cm³/mol. The molecule has 0 heterocycles. The number of nitrogens with one attached hydrogen (secondary N) is 1. The molecule has 0 saturated carbocycles. The van der Waals surface area contributed by atoms with Crippen LogP contribution in [-0.2, 0) is 16.4 Å². The van der Waals surface area contributed by atoms with Gasteiger partial charge in [0, 0.05) is 12.6 Å². The van der Waals surface area contributed by atoms with Gasteiger partial charge < -0.3 is 4.74 Å². The van der Waals surface area contributed by atoms with Gasteiger partial charge in [0.25, 0.3) is 0 Å². The third-order valence-corrected chi connectivity index (χ3v) is 4.84. The molecule has 23 heavy (non-hydrogen) atoms. The number of hydrogen-bond donors (Lipinski definition) is 1. The molecular weight excluding hydrogens is 324 g/mol. The molecule has 0 radical (unpaired) electrons. The predicted octanol–water partition coefficient (Wildman–Crippen LogP) is 2.80. The molecule has 1 N–H and O–H groups in total. The van der Waals surface area contributed by atoms with Gasteiger partial charge in [-0.25, -0.2) is 21.9 Å². The van der Waals surface area contributed by atoms with E-state index in [4.69, 9.17) is 4.74 Å². The van der Waals surface area contributed by atoms with E-state index in [1.165, 1.54) is 25.3 Å². The van der Waals surface area contributed by atoms with Crippen LogP contribution in [0, 0.1) is 18.6 Å². The third-order valence-electron chi connectivity index (χ3n) is 3.38. The van der Waals surface area contributed by atoms with E-state index in [0.717, 1.165) is 12.1 Å². The number of sulfonamides is 1. The molecule has 0 fully saturated rings. The molecule has 124 valence electrons. The highest BCUT2D eigenvalue weighted by Crippen LogP contribution is 2.21. The maximum Gasteiger partial charge on any atom is 0.240 e. The molecule has 0 aliphatic rings. The van der Waals surface area contributed by atoms with Crippen molar-refractivity contribution >= 4 is 10.0 Å². The lowest BCUT2D eigenvalue weighted by Gasteiger charge is -2.10. The molecule has 2 aromatic carbocycles. The minimum atomic E-state index is -3.70. The van der Waals surface area contributed by atoms with E-state index in [0.29, 0.717) is 11.3 Å². The summed E-state index contributed by atoms with van der Waals surface area (Å²) in [5, 5.41) is 0. The zero-order valence-electron chi connectivity index (χ0n) is 12.8. The summed E-state index contributed by atoms with van der Waals surface area (Å²) in [7, 11) is -2.20. The van der Waals surface area contributed by atoms with Crippen LogP contribution in [0.25, 0.3) is 0 Å². The van der Waals surface area contributed by atoms with Crippen LogP contribution in [0.1, 0.15) is 11.1 Å². The molecule has 0 saturated heterocycles. The van der Waals surface area contributed by atoms with Crippen LogP contribution in [0.3, 0.4) is 0 Å². The second kappa shape index (κ2) is 7.06. The molecule has 7 heteroatoms. The van der Waals surface area contributed by atoms with E-state index in [-0.39, 0.29) is 23.4 Å². The van der Waals surface area contributed by atoms with Gasteiger partial charge in [-0.3, -0.25) is 0 Å².